The summed E-state index contributed by atoms with van der Waals surface area (Å²) in [6.07, 6.45) is 1.81. The van der Waals surface area contributed by atoms with E-state index in [0.29, 0.717) is 11.7 Å². The first-order valence-electron chi connectivity index (χ1n) is 5.11. The molecule has 1 aromatic heterocycles. The molecule has 1 heterocycles. The molecular formula is C12H11BrO2. The van der Waals surface area contributed by atoms with Crippen LogP contribution in [0.2, 0.25) is 0 Å². The summed E-state index contributed by atoms with van der Waals surface area (Å²) in [5, 5.41) is 11.0. The second kappa shape index (κ2) is 3.35. The Morgan fingerprint density at radius 3 is 2.87 bits per heavy atom. The van der Waals surface area contributed by atoms with Crippen molar-refractivity contribution in [3.8, 4) is 0 Å². The highest BCUT2D eigenvalue weighted by molar-refractivity contribution is 9.10. The third kappa shape index (κ3) is 1.70. The molecule has 1 N–H and O–H groups in total. The summed E-state index contributed by atoms with van der Waals surface area (Å²) in [7, 11) is 0. The van der Waals surface area contributed by atoms with Crippen molar-refractivity contribution in [3.05, 3.63) is 34.5 Å². The first-order valence-corrected chi connectivity index (χ1v) is 5.90. The molecule has 1 saturated carbocycles. The molecule has 2 aromatic rings. The van der Waals surface area contributed by atoms with Gasteiger partial charge < -0.3 is 9.52 Å². The van der Waals surface area contributed by atoms with Crippen molar-refractivity contribution >= 4 is 26.9 Å². The minimum Gasteiger partial charge on any atom is -0.458 e. The zero-order chi connectivity index (χ0) is 10.4. The van der Waals surface area contributed by atoms with E-state index < -0.39 is 6.10 Å². The topological polar surface area (TPSA) is 33.4 Å². The predicted molar refractivity (Wildman–Crippen MR) is 61.6 cm³/mol. The number of aliphatic hydroxyl groups excluding tert-OH is 1. The molecule has 2 nitrogen and oxygen atoms in total. The van der Waals surface area contributed by atoms with Crippen LogP contribution >= 0.6 is 15.9 Å². The maximum Gasteiger partial charge on any atom is 0.134 e. The van der Waals surface area contributed by atoms with Crippen LogP contribution in [0.5, 0.6) is 0 Å². The van der Waals surface area contributed by atoms with E-state index in [1.165, 1.54) is 0 Å². The van der Waals surface area contributed by atoms with Gasteiger partial charge in [-0.25, -0.2) is 0 Å². The van der Waals surface area contributed by atoms with Gasteiger partial charge in [-0.1, -0.05) is 15.9 Å². The van der Waals surface area contributed by atoms with Gasteiger partial charge in [0.1, 0.15) is 17.4 Å². The monoisotopic (exact) mass is 266 g/mol. The standard InChI is InChI=1S/C12H11BrO2/c13-9-3-4-10-8(5-9)6-11(15-10)12(14)7-1-2-7/h3-7,12,14H,1-2H2. The van der Waals surface area contributed by atoms with Crippen LogP contribution < -0.4 is 0 Å². The van der Waals surface area contributed by atoms with Gasteiger partial charge in [-0.05, 0) is 43.0 Å². The molecule has 0 radical (unpaired) electrons. The smallest absolute Gasteiger partial charge is 0.134 e. The van der Waals surface area contributed by atoms with E-state index in [-0.39, 0.29) is 0 Å². The molecule has 3 heteroatoms. The summed E-state index contributed by atoms with van der Waals surface area (Å²) >= 11 is 3.42. The Balaban J connectivity index is 2.05. The third-order valence-corrected chi connectivity index (χ3v) is 3.35. The lowest BCUT2D eigenvalue weighted by Gasteiger charge is -2.03. The highest BCUT2D eigenvalue weighted by Crippen LogP contribution is 2.42. The summed E-state index contributed by atoms with van der Waals surface area (Å²) < 4.78 is 6.65. The Kier molecular flexibility index (Phi) is 2.11. The molecule has 1 atom stereocenters. The molecule has 0 bridgehead atoms. The lowest BCUT2D eigenvalue weighted by atomic mass is 10.1. The second-order valence-corrected chi connectivity index (χ2v) is 5.03. The number of halogens is 1. The van der Waals surface area contributed by atoms with Crippen LogP contribution in [0.1, 0.15) is 24.7 Å². The van der Waals surface area contributed by atoms with Crippen LogP contribution in [0, 0.1) is 5.92 Å². The molecule has 1 aromatic carbocycles. The number of hydrogen-bond donors (Lipinski definition) is 1. The number of furan rings is 1. The summed E-state index contributed by atoms with van der Waals surface area (Å²) in [4.78, 5) is 0. The van der Waals surface area contributed by atoms with Crippen molar-refractivity contribution < 1.29 is 9.52 Å². The minimum atomic E-state index is -0.420. The number of aliphatic hydroxyl groups is 1. The van der Waals surface area contributed by atoms with Gasteiger partial charge in [0.25, 0.3) is 0 Å². The Bertz CT molecular complexity index is 499. The van der Waals surface area contributed by atoms with Gasteiger partial charge in [-0.15, -0.1) is 0 Å². The third-order valence-electron chi connectivity index (χ3n) is 2.86. The van der Waals surface area contributed by atoms with Crippen molar-refractivity contribution in [1.29, 1.82) is 0 Å². The summed E-state index contributed by atoms with van der Waals surface area (Å²) in [6, 6.07) is 7.80. The van der Waals surface area contributed by atoms with Crippen LogP contribution in [0.15, 0.2) is 33.2 Å². The molecule has 3 rings (SSSR count). The lowest BCUT2D eigenvalue weighted by molar-refractivity contribution is 0.129. The number of rotatable bonds is 2. The highest BCUT2D eigenvalue weighted by Gasteiger charge is 2.32. The summed E-state index contributed by atoms with van der Waals surface area (Å²) in [5.41, 5.74) is 0.841. The fourth-order valence-electron chi connectivity index (χ4n) is 1.82. The van der Waals surface area contributed by atoms with E-state index in [4.69, 9.17) is 4.42 Å². The molecule has 1 aliphatic carbocycles. The molecule has 15 heavy (non-hydrogen) atoms. The average molecular weight is 267 g/mol. The van der Waals surface area contributed by atoms with E-state index >= 15 is 0 Å². The van der Waals surface area contributed by atoms with Gasteiger partial charge in [0.2, 0.25) is 0 Å². The van der Waals surface area contributed by atoms with Gasteiger partial charge in [0.15, 0.2) is 0 Å². The molecule has 1 unspecified atom stereocenters. The zero-order valence-corrected chi connectivity index (χ0v) is 9.70. The number of hydrogen-bond acceptors (Lipinski definition) is 2. The van der Waals surface area contributed by atoms with Crippen LogP contribution in [-0.4, -0.2) is 5.11 Å². The Labute approximate surface area is 96.0 Å². The predicted octanol–water partition coefficient (Wildman–Crippen LogP) is 3.64. The van der Waals surface area contributed by atoms with Gasteiger partial charge in [0, 0.05) is 9.86 Å². The molecule has 78 valence electrons. The van der Waals surface area contributed by atoms with Crippen molar-refractivity contribution in [2.24, 2.45) is 5.92 Å². The molecule has 1 fully saturated rings. The second-order valence-electron chi connectivity index (χ2n) is 4.11. The van der Waals surface area contributed by atoms with E-state index in [1.807, 2.05) is 24.3 Å². The Morgan fingerprint density at radius 2 is 2.13 bits per heavy atom. The Hall–Kier alpha value is -0.800. The van der Waals surface area contributed by atoms with Gasteiger partial charge >= 0.3 is 0 Å². The molecule has 0 saturated heterocycles. The molecule has 0 aliphatic heterocycles. The van der Waals surface area contributed by atoms with Gasteiger partial charge in [-0.3, -0.25) is 0 Å². The average Bonchev–Trinajstić information content (AvgIpc) is 2.97. The molecular weight excluding hydrogens is 256 g/mol. The van der Waals surface area contributed by atoms with Crippen LogP contribution in [0.4, 0.5) is 0 Å². The largest absolute Gasteiger partial charge is 0.458 e. The van der Waals surface area contributed by atoms with E-state index in [1.54, 1.807) is 0 Å². The fourth-order valence-corrected chi connectivity index (χ4v) is 2.20. The number of benzene rings is 1. The summed E-state index contributed by atoms with van der Waals surface area (Å²) in [6.45, 7) is 0. The normalized spacial score (nSPS) is 18.3. The molecule has 0 amide bonds. The minimum absolute atomic E-state index is 0.411. The molecule has 0 spiro atoms. The van der Waals surface area contributed by atoms with Crippen molar-refractivity contribution in [3.63, 3.8) is 0 Å². The van der Waals surface area contributed by atoms with Crippen LogP contribution in [0.25, 0.3) is 11.0 Å². The van der Waals surface area contributed by atoms with Crippen LogP contribution in [0.3, 0.4) is 0 Å². The van der Waals surface area contributed by atoms with Gasteiger partial charge in [0.05, 0.1) is 0 Å². The fraction of sp³-hybridized carbons (Fsp3) is 0.333. The quantitative estimate of drug-likeness (QED) is 0.901. The highest BCUT2D eigenvalue weighted by atomic mass is 79.9. The van der Waals surface area contributed by atoms with E-state index in [9.17, 15) is 5.11 Å². The number of fused-ring (bicyclic) bond motifs is 1. The van der Waals surface area contributed by atoms with E-state index in [0.717, 1.165) is 28.3 Å². The molecule has 1 aliphatic rings. The first-order chi connectivity index (χ1) is 7.24. The van der Waals surface area contributed by atoms with Crippen molar-refractivity contribution in [2.45, 2.75) is 18.9 Å². The zero-order valence-electron chi connectivity index (χ0n) is 8.11. The summed E-state index contributed by atoms with van der Waals surface area (Å²) in [5.74, 6) is 1.11. The maximum absolute atomic E-state index is 9.93. The van der Waals surface area contributed by atoms with Gasteiger partial charge in [-0.2, -0.15) is 0 Å². The van der Waals surface area contributed by atoms with Crippen molar-refractivity contribution in [1.82, 2.24) is 0 Å². The lowest BCUT2D eigenvalue weighted by Crippen LogP contribution is -1.96. The van der Waals surface area contributed by atoms with Crippen LogP contribution in [-0.2, 0) is 0 Å². The Morgan fingerprint density at radius 1 is 1.33 bits per heavy atom. The first kappa shape index (κ1) is 9.43. The maximum atomic E-state index is 9.93. The SMILES string of the molecule is OC(c1cc2cc(Br)ccc2o1)C1CC1. The van der Waals surface area contributed by atoms with E-state index in [2.05, 4.69) is 15.9 Å². The van der Waals surface area contributed by atoms with Crippen molar-refractivity contribution in [2.75, 3.05) is 0 Å².